The van der Waals surface area contributed by atoms with E-state index in [4.69, 9.17) is 4.74 Å². The van der Waals surface area contributed by atoms with Gasteiger partial charge in [0.25, 0.3) is 0 Å². The van der Waals surface area contributed by atoms with Crippen LogP contribution in [0.4, 0.5) is 10.1 Å². The van der Waals surface area contributed by atoms with Crippen molar-refractivity contribution >= 4 is 16.7 Å². The van der Waals surface area contributed by atoms with Gasteiger partial charge in [-0.25, -0.2) is 24.3 Å². The summed E-state index contributed by atoms with van der Waals surface area (Å²) in [6.45, 7) is 10.1. The minimum absolute atomic E-state index is 0.128. The predicted molar refractivity (Wildman–Crippen MR) is 137 cm³/mol. The van der Waals surface area contributed by atoms with Crippen LogP contribution in [0.15, 0.2) is 30.6 Å². The number of ether oxygens (including phenoxy) is 1. The van der Waals surface area contributed by atoms with Crippen LogP contribution in [-0.2, 0) is 6.42 Å². The first kappa shape index (κ1) is 24.1. The first-order valence-electron chi connectivity index (χ1n) is 12.2. The van der Waals surface area contributed by atoms with E-state index in [-0.39, 0.29) is 11.7 Å². The van der Waals surface area contributed by atoms with Crippen LogP contribution in [0.1, 0.15) is 37.2 Å². The average Bonchev–Trinajstić information content (AvgIpc) is 3.21. The number of halogens is 1. The highest BCUT2D eigenvalue weighted by atomic mass is 19.1. The quantitative estimate of drug-likeness (QED) is 0.405. The predicted octanol–water partition coefficient (Wildman–Crippen LogP) is 3.66. The maximum atomic E-state index is 14.9. The molecule has 5 heterocycles. The second-order valence-electron chi connectivity index (χ2n) is 9.46. The Morgan fingerprint density at radius 3 is 2.47 bits per heavy atom. The van der Waals surface area contributed by atoms with Crippen molar-refractivity contribution in [3.63, 3.8) is 0 Å². The maximum absolute atomic E-state index is 14.9. The van der Waals surface area contributed by atoms with Gasteiger partial charge >= 0.3 is 0 Å². The zero-order valence-corrected chi connectivity index (χ0v) is 21.4. The number of pyridine rings is 2. The molecule has 4 aromatic heterocycles. The lowest BCUT2D eigenvalue weighted by Crippen LogP contribution is -2.44. The third-order valence-electron chi connectivity index (χ3n) is 6.59. The van der Waals surface area contributed by atoms with Crippen LogP contribution in [0.3, 0.4) is 0 Å². The molecule has 1 fully saturated rings. The third-order valence-corrected chi connectivity index (χ3v) is 6.59. The van der Waals surface area contributed by atoms with E-state index in [0.717, 1.165) is 48.9 Å². The Kier molecular flexibility index (Phi) is 6.53. The minimum atomic E-state index is -0.543. The molecule has 0 amide bonds. The van der Waals surface area contributed by atoms with E-state index in [2.05, 4.69) is 66.2 Å². The molecule has 1 aliphatic heterocycles. The van der Waals surface area contributed by atoms with Crippen molar-refractivity contribution < 1.29 is 9.13 Å². The van der Waals surface area contributed by atoms with E-state index in [1.54, 1.807) is 0 Å². The molecule has 9 nitrogen and oxygen atoms in total. The molecule has 0 unspecified atom stereocenters. The Morgan fingerprint density at radius 1 is 1.03 bits per heavy atom. The topological polar surface area (TPSA) is 85.1 Å². The summed E-state index contributed by atoms with van der Waals surface area (Å²) in [4.78, 5) is 27.2. The molecule has 0 saturated carbocycles. The molecule has 0 aliphatic carbocycles. The molecule has 36 heavy (non-hydrogen) atoms. The van der Waals surface area contributed by atoms with Crippen molar-refractivity contribution in [1.82, 2.24) is 34.4 Å². The summed E-state index contributed by atoms with van der Waals surface area (Å²) in [5.41, 5.74) is 3.90. The van der Waals surface area contributed by atoms with Crippen LogP contribution >= 0.6 is 0 Å². The molecule has 1 saturated heterocycles. The monoisotopic (exact) mass is 490 g/mol. The standard InChI is InChI=1S/C26H31FN8O/c1-16(2)35-17(3)30-25-22(35)13-21(31-26(25)36-5)24-20(27)15-29-23(32-24)12-18-6-7-19(14-28-18)34-10-8-33(4)9-11-34/h6-7,13-16H,8-12H2,1-5H3. The van der Waals surface area contributed by atoms with Gasteiger partial charge in [-0.3, -0.25) is 4.98 Å². The van der Waals surface area contributed by atoms with Crippen LogP contribution in [-0.4, -0.2) is 74.7 Å². The zero-order valence-electron chi connectivity index (χ0n) is 21.4. The number of methoxy groups -OCH3 is 1. The van der Waals surface area contributed by atoms with E-state index in [1.165, 1.54) is 13.3 Å². The lowest BCUT2D eigenvalue weighted by molar-refractivity contribution is 0.313. The van der Waals surface area contributed by atoms with Crippen LogP contribution in [0.2, 0.25) is 0 Å². The van der Waals surface area contributed by atoms with Crippen LogP contribution in [0.25, 0.3) is 22.4 Å². The summed E-state index contributed by atoms with van der Waals surface area (Å²) in [6.07, 6.45) is 3.47. The molecule has 1 aliphatic rings. The Bertz CT molecular complexity index is 1380. The third kappa shape index (κ3) is 4.60. The van der Waals surface area contributed by atoms with Gasteiger partial charge in [-0.05, 0) is 46.0 Å². The smallest absolute Gasteiger partial charge is 0.242 e. The van der Waals surface area contributed by atoms with Crippen LogP contribution in [0, 0.1) is 12.7 Å². The number of hydrogen-bond acceptors (Lipinski definition) is 8. The van der Waals surface area contributed by atoms with Crippen molar-refractivity contribution in [2.45, 2.75) is 33.2 Å². The molecule has 0 radical (unpaired) electrons. The van der Waals surface area contributed by atoms with E-state index in [1.807, 2.05) is 25.3 Å². The summed E-state index contributed by atoms with van der Waals surface area (Å²) in [5, 5.41) is 0. The highest BCUT2D eigenvalue weighted by Crippen LogP contribution is 2.31. The number of aromatic nitrogens is 6. The highest BCUT2D eigenvalue weighted by Gasteiger charge is 2.20. The number of aryl methyl sites for hydroxylation is 1. The van der Waals surface area contributed by atoms with Crippen molar-refractivity contribution in [3.05, 3.63) is 53.8 Å². The molecule has 0 N–H and O–H groups in total. The molecule has 4 aromatic rings. The number of fused-ring (bicyclic) bond motifs is 1. The van der Waals surface area contributed by atoms with Gasteiger partial charge in [0.1, 0.15) is 17.3 Å². The normalized spacial score (nSPS) is 14.7. The summed E-state index contributed by atoms with van der Waals surface area (Å²) in [7, 11) is 3.67. The molecule has 0 spiro atoms. The fourth-order valence-corrected chi connectivity index (χ4v) is 4.70. The van der Waals surface area contributed by atoms with Gasteiger partial charge in [-0.1, -0.05) is 0 Å². The summed E-state index contributed by atoms with van der Waals surface area (Å²) < 4.78 is 22.5. The first-order valence-corrected chi connectivity index (χ1v) is 12.2. The second-order valence-corrected chi connectivity index (χ2v) is 9.46. The molecular formula is C26H31FN8O. The van der Waals surface area contributed by atoms with Crippen molar-refractivity contribution in [2.75, 3.05) is 45.2 Å². The first-order chi connectivity index (χ1) is 17.3. The molecule has 0 atom stereocenters. The summed E-state index contributed by atoms with van der Waals surface area (Å²) in [5.74, 6) is 1.11. The van der Waals surface area contributed by atoms with Gasteiger partial charge in [0.2, 0.25) is 5.88 Å². The van der Waals surface area contributed by atoms with Gasteiger partial charge in [0, 0.05) is 37.9 Å². The van der Waals surface area contributed by atoms with Gasteiger partial charge < -0.3 is 19.1 Å². The Labute approximate surface area is 210 Å². The molecule has 0 bridgehead atoms. The summed E-state index contributed by atoms with van der Waals surface area (Å²) in [6, 6.07) is 6.04. The van der Waals surface area contributed by atoms with E-state index in [9.17, 15) is 4.39 Å². The number of rotatable bonds is 6. The number of imidazole rings is 1. The largest absolute Gasteiger partial charge is 0.479 e. The fraction of sp³-hybridized carbons (Fsp3) is 0.423. The Morgan fingerprint density at radius 2 is 1.81 bits per heavy atom. The van der Waals surface area contributed by atoms with Gasteiger partial charge in [-0.15, -0.1) is 0 Å². The van der Waals surface area contributed by atoms with Crippen LogP contribution < -0.4 is 9.64 Å². The van der Waals surface area contributed by atoms with E-state index in [0.29, 0.717) is 29.3 Å². The Hall–Kier alpha value is -3.66. The molecule has 188 valence electrons. The number of hydrogen-bond donors (Lipinski definition) is 0. The maximum Gasteiger partial charge on any atom is 0.242 e. The van der Waals surface area contributed by atoms with E-state index >= 15 is 0 Å². The number of anilines is 1. The van der Waals surface area contributed by atoms with Crippen molar-refractivity contribution in [2.24, 2.45) is 0 Å². The van der Waals surface area contributed by atoms with Crippen molar-refractivity contribution in [3.8, 4) is 17.3 Å². The van der Waals surface area contributed by atoms with Crippen molar-refractivity contribution in [1.29, 1.82) is 0 Å². The lowest BCUT2D eigenvalue weighted by atomic mass is 10.2. The Balaban J connectivity index is 1.44. The number of nitrogens with zero attached hydrogens (tertiary/aromatic N) is 8. The zero-order chi connectivity index (χ0) is 25.4. The molecule has 10 heteroatoms. The highest BCUT2D eigenvalue weighted by molar-refractivity contribution is 5.84. The fourth-order valence-electron chi connectivity index (χ4n) is 4.70. The van der Waals surface area contributed by atoms with Crippen LogP contribution in [0.5, 0.6) is 5.88 Å². The van der Waals surface area contributed by atoms with Gasteiger partial charge in [0.15, 0.2) is 11.3 Å². The number of likely N-dealkylation sites (N-methyl/N-ethyl adjacent to an activating group) is 1. The molecule has 5 rings (SSSR count). The SMILES string of the molecule is COc1nc(-c2nc(Cc3ccc(N4CCN(C)CC4)cn3)ncc2F)cc2c1nc(C)n2C(C)C. The van der Waals surface area contributed by atoms with Gasteiger partial charge in [0.05, 0.1) is 42.8 Å². The molecule has 0 aromatic carbocycles. The summed E-state index contributed by atoms with van der Waals surface area (Å²) >= 11 is 0. The van der Waals surface area contributed by atoms with Gasteiger partial charge in [-0.2, -0.15) is 0 Å². The minimum Gasteiger partial charge on any atom is -0.479 e. The lowest BCUT2D eigenvalue weighted by Gasteiger charge is -2.33. The molecular weight excluding hydrogens is 459 g/mol. The average molecular weight is 491 g/mol. The number of piperazine rings is 1. The van der Waals surface area contributed by atoms with E-state index < -0.39 is 5.82 Å². The second kappa shape index (κ2) is 9.77.